The lowest BCUT2D eigenvalue weighted by Crippen LogP contribution is -2.39. The first-order valence-electron chi connectivity index (χ1n) is 7.57. The Balaban J connectivity index is 2.55. The maximum absolute atomic E-state index is 12.5. The first-order chi connectivity index (χ1) is 11.1. The van der Waals surface area contributed by atoms with Crippen LogP contribution in [0.25, 0.3) is 0 Å². The summed E-state index contributed by atoms with van der Waals surface area (Å²) in [4.78, 5) is 13.1. The summed E-state index contributed by atoms with van der Waals surface area (Å²) in [7, 11) is -2.24. The number of rotatable bonds is 8. The van der Waals surface area contributed by atoms with Crippen molar-refractivity contribution in [1.29, 1.82) is 0 Å². The van der Waals surface area contributed by atoms with E-state index in [0.717, 1.165) is 15.0 Å². The molecule has 0 radical (unpaired) electrons. The lowest BCUT2D eigenvalue weighted by Gasteiger charge is -2.19. The Morgan fingerprint density at radius 1 is 1.21 bits per heavy atom. The standard InChI is InChI=1S/C16H26N2O3S3/c1-16(2,3)23-11-10-17-15(19)12-18(4)24(20,21)14-8-6-13(22-5)7-9-14/h6-9H,10-12H2,1-5H3,(H,17,19). The SMILES string of the molecule is CSc1ccc(S(=O)(=O)N(C)CC(=O)NCCSC(C)(C)C)cc1. The van der Waals surface area contributed by atoms with Gasteiger partial charge in [-0.2, -0.15) is 16.1 Å². The van der Waals surface area contributed by atoms with Gasteiger partial charge in [0.25, 0.3) is 0 Å². The highest BCUT2D eigenvalue weighted by atomic mass is 32.2. The molecule has 0 aliphatic heterocycles. The van der Waals surface area contributed by atoms with E-state index in [-0.39, 0.29) is 22.1 Å². The highest BCUT2D eigenvalue weighted by molar-refractivity contribution is 8.00. The van der Waals surface area contributed by atoms with Crippen LogP contribution in [0.3, 0.4) is 0 Å². The molecule has 0 aliphatic carbocycles. The van der Waals surface area contributed by atoms with Gasteiger partial charge in [0.1, 0.15) is 0 Å². The van der Waals surface area contributed by atoms with Gasteiger partial charge < -0.3 is 5.32 Å². The normalized spacial score (nSPS) is 12.4. The quantitative estimate of drug-likeness (QED) is 0.546. The number of nitrogens with one attached hydrogen (secondary N) is 1. The highest BCUT2D eigenvalue weighted by Crippen LogP contribution is 2.22. The zero-order valence-corrected chi connectivity index (χ0v) is 17.3. The minimum absolute atomic E-state index is 0.147. The zero-order valence-electron chi connectivity index (χ0n) is 14.8. The maximum Gasteiger partial charge on any atom is 0.243 e. The van der Waals surface area contributed by atoms with Crippen molar-refractivity contribution in [3.63, 3.8) is 0 Å². The second-order valence-corrected chi connectivity index (χ2v) is 11.1. The molecule has 1 aromatic carbocycles. The van der Waals surface area contributed by atoms with Crippen LogP contribution >= 0.6 is 23.5 Å². The van der Waals surface area contributed by atoms with Crippen LogP contribution in [-0.2, 0) is 14.8 Å². The van der Waals surface area contributed by atoms with Gasteiger partial charge in [-0.3, -0.25) is 4.79 Å². The van der Waals surface area contributed by atoms with Gasteiger partial charge in [0.05, 0.1) is 11.4 Å². The summed E-state index contributed by atoms with van der Waals surface area (Å²) in [6.07, 6.45) is 1.93. The van der Waals surface area contributed by atoms with Crippen LogP contribution in [0.1, 0.15) is 20.8 Å². The lowest BCUT2D eigenvalue weighted by atomic mass is 10.3. The number of benzene rings is 1. The average Bonchev–Trinajstić information content (AvgIpc) is 2.50. The van der Waals surface area contributed by atoms with Crippen LogP contribution in [0.4, 0.5) is 0 Å². The van der Waals surface area contributed by atoms with Crippen molar-refractivity contribution < 1.29 is 13.2 Å². The van der Waals surface area contributed by atoms with Crippen LogP contribution in [-0.4, -0.2) is 55.5 Å². The van der Waals surface area contributed by atoms with Crippen LogP contribution in [0.15, 0.2) is 34.1 Å². The molecular weight excluding hydrogens is 364 g/mol. The molecule has 0 atom stereocenters. The first kappa shape index (κ1) is 21.3. The van der Waals surface area contributed by atoms with E-state index in [1.165, 1.54) is 7.05 Å². The maximum atomic E-state index is 12.5. The Morgan fingerprint density at radius 3 is 2.29 bits per heavy atom. The van der Waals surface area contributed by atoms with Crippen LogP contribution < -0.4 is 5.32 Å². The van der Waals surface area contributed by atoms with E-state index in [4.69, 9.17) is 0 Å². The number of likely N-dealkylation sites (N-methyl/N-ethyl adjacent to an activating group) is 1. The van der Waals surface area contributed by atoms with Gasteiger partial charge in [-0.15, -0.1) is 11.8 Å². The predicted molar refractivity (Wildman–Crippen MR) is 103 cm³/mol. The number of thioether (sulfide) groups is 2. The zero-order chi connectivity index (χ0) is 18.4. The largest absolute Gasteiger partial charge is 0.354 e. The number of carbonyl (C=O) groups is 1. The van der Waals surface area contributed by atoms with E-state index in [2.05, 4.69) is 26.1 Å². The minimum Gasteiger partial charge on any atom is -0.354 e. The fraction of sp³-hybridized carbons (Fsp3) is 0.562. The first-order valence-corrected chi connectivity index (χ1v) is 11.2. The fourth-order valence-electron chi connectivity index (χ4n) is 1.82. The molecule has 24 heavy (non-hydrogen) atoms. The van der Waals surface area contributed by atoms with Crippen molar-refractivity contribution in [3.05, 3.63) is 24.3 Å². The molecular formula is C16H26N2O3S3. The van der Waals surface area contributed by atoms with Gasteiger partial charge in [0.15, 0.2) is 0 Å². The molecule has 1 rings (SSSR count). The summed E-state index contributed by atoms with van der Waals surface area (Å²) in [6, 6.07) is 6.65. The number of carbonyl (C=O) groups excluding carboxylic acids is 1. The van der Waals surface area contributed by atoms with Crippen molar-refractivity contribution in [2.75, 3.05) is 32.1 Å². The second kappa shape index (κ2) is 9.12. The molecule has 8 heteroatoms. The van der Waals surface area contributed by atoms with E-state index < -0.39 is 10.0 Å². The molecule has 0 fully saturated rings. The average molecular weight is 391 g/mol. The van der Waals surface area contributed by atoms with E-state index >= 15 is 0 Å². The predicted octanol–water partition coefficient (Wildman–Crippen LogP) is 2.68. The molecule has 1 aromatic rings. The Kier molecular flexibility index (Phi) is 8.11. The van der Waals surface area contributed by atoms with Crippen molar-refractivity contribution >= 4 is 39.5 Å². The third-order valence-corrected chi connectivity index (χ3v) is 6.93. The molecule has 0 saturated heterocycles. The van der Waals surface area contributed by atoms with Crippen LogP contribution in [0.2, 0.25) is 0 Å². The minimum atomic E-state index is -3.65. The van der Waals surface area contributed by atoms with E-state index in [9.17, 15) is 13.2 Å². The molecule has 0 saturated carbocycles. The Labute approximate surface area is 154 Å². The Morgan fingerprint density at radius 2 is 1.79 bits per heavy atom. The lowest BCUT2D eigenvalue weighted by molar-refractivity contribution is -0.121. The Bertz CT molecular complexity index is 638. The summed E-state index contributed by atoms with van der Waals surface area (Å²) in [6.45, 7) is 6.68. The summed E-state index contributed by atoms with van der Waals surface area (Å²) < 4.78 is 26.2. The number of nitrogens with zero attached hydrogens (tertiary/aromatic N) is 1. The number of hydrogen-bond donors (Lipinski definition) is 1. The van der Waals surface area contributed by atoms with Crippen molar-refractivity contribution in [2.45, 2.75) is 35.3 Å². The molecule has 1 amide bonds. The number of sulfonamides is 1. The molecule has 1 N–H and O–H groups in total. The van der Waals surface area contributed by atoms with Gasteiger partial charge in [-0.05, 0) is 30.5 Å². The van der Waals surface area contributed by atoms with Crippen molar-refractivity contribution in [1.82, 2.24) is 9.62 Å². The molecule has 0 bridgehead atoms. The number of amides is 1. The molecule has 0 aliphatic rings. The van der Waals surface area contributed by atoms with Gasteiger partial charge in [-0.1, -0.05) is 20.8 Å². The summed E-state index contributed by atoms with van der Waals surface area (Å²) in [5.41, 5.74) is 0. The van der Waals surface area contributed by atoms with Crippen LogP contribution in [0.5, 0.6) is 0 Å². The molecule has 136 valence electrons. The molecule has 0 aromatic heterocycles. The van der Waals surface area contributed by atoms with Crippen molar-refractivity contribution in [3.8, 4) is 0 Å². The topological polar surface area (TPSA) is 66.5 Å². The third kappa shape index (κ3) is 7.04. The van der Waals surface area contributed by atoms with E-state index in [1.54, 1.807) is 47.8 Å². The highest BCUT2D eigenvalue weighted by Gasteiger charge is 2.22. The molecule has 0 unspecified atom stereocenters. The monoisotopic (exact) mass is 390 g/mol. The van der Waals surface area contributed by atoms with Gasteiger partial charge in [-0.25, -0.2) is 8.42 Å². The molecule has 0 heterocycles. The van der Waals surface area contributed by atoms with Gasteiger partial charge in [0, 0.05) is 29.0 Å². The van der Waals surface area contributed by atoms with E-state index in [0.29, 0.717) is 6.54 Å². The fourth-order valence-corrected chi connectivity index (χ4v) is 4.17. The molecule has 0 spiro atoms. The van der Waals surface area contributed by atoms with Crippen LogP contribution in [0, 0.1) is 0 Å². The number of hydrogen-bond acceptors (Lipinski definition) is 5. The van der Waals surface area contributed by atoms with Crippen molar-refractivity contribution in [2.24, 2.45) is 0 Å². The third-order valence-electron chi connectivity index (χ3n) is 3.09. The smallest absolute Gasteiger partial charge is 0.243 e. The summed E-state index contributed by atoms with van der Waals surface area (Å²) in [5, 5.41) is 2.76. The van der Waals surface area contributed by atoms with Gasteiger partial charge >= 0.3 is 0 Å². The molecule has 5 nitrogen and oxygen atoms in total. The summed E-state index contributed by atoms with van der Waals surface area (Å²) in [5.74, 6) is 0.498. The second-order valence-electron chi connectivity index (χ2n) is 6.25. The Hall–Kier alpha value is -0.700. The van der Waals surface area contributed by atoms with Gasteiger partial charge in [0.2, 0.25) is 15.9 Å². The summed E-state index contributed by atoms with van der Waals surface area (Å²) >= 11 is 3.30. The van der Waals surface area contributed by atoms with E-state index in [1.807, 2.05) is 6.26 Å².